The fourth-order valence-corrected chi connectivity index (χ4v) is 4.05. The lowest BCUT2D eigenvalue weighted by atomic mass is 9.86. The van der Waals surface area contributed by atoms with Crippen molar-refractivity contribution in [3.05, 3.63) is 35.6 Å². The number of carboxylic acids is 1. The smallest absolute Gasteiger partial charge is 0.315 e. The second-order valence-corrected chi connectivity index (χ2v) is 7.26. The largest absolute Gasteiger partial charge is 0.481 e. The highest BCUT2D eigenvalue weighted by atomic mass is 19.1. The van der Waals surface area contributed by atoms with Crippen LogP contribution in [-0.4, -0.2) is 29.2 Å². The van der Waals surface area contributed by atoms with E-state index in [-0.39, 0.29) is 29.8 Å². The maximum atomic E-state index is 13.0. The molecule has 136 valence electrons. The maximum absolute atomic E-state index is 13.0. The Hall–Kier alpha value is -2.11. The van der Waals surface area contributed by atoms with Crippen LogP contribution in [-0.2, 0) is 4.79 Å². The Morgan fingerprint density at radius 3 is 2.16 bits per heavy atom. The predicted octanol–water partition coefficient (Wildman–Crippen LogP) is 3.40. The number of amides is 2. The number of halogens is 1. The van der Waals surface area contributed by atoms with Gasteiger partial charge in [-0.15, -0.1) is 0 Å². The zero-order valence-electron chi connectivity index (χ0n) is 14.2. The van der Waals surface area contributed by atoms with Crippen molar-refractivity contribution in [2.45, 2.75) is 62.9 Å². The number of hydrogen-bond donors (Lipinski definition) is 3. The van der Waals surface area contributed by atoms with Crippen molar-refractivity contribution >= 4 is 12.0 Å². The number of carboxylic acid groups (broad SMARTS) is 1. The first-order valence-electron chi connectivity index (χ1n) is 9.06. The second kappa shape index (κ2) is 7.85. The molecule has 2 aliphatic rings. The van der Waals surface area contributed by atoms with Crippen molar-refractivity contribution in [2.75, 3.05) is 0 Å². The third-order valence-electron chi connectivity index (χ3n) is 5.52. The van der Waals surface area contributed by atoms with Crippen molar-refractivity contribution in [3.63, 3.8) is 0 Å². The Morgan fingerprint density at radius 2 is 1.52 bits per heavy atom. The van der Waals surface area contributed by atoms with Gasteiger partial charge >= 0.3 is 12.0 Å². The van der Waals surface area contributed by atoms with E-state index in [1.54, 1.807) is 0 Å². The van der Waals surface area contributed by atoms with Gasteiger partial charge in [0.05, 0.1) is 5.92 Å². The highest BCUT2D eigenvalue weighted by Gasteiger charge is 2.29. The molecule has 2 saturated carbocycles. The summed E-state index contributed by atoms with van der Waals surface area (Å²) in [6, 6.07) is 6.64. The number of urea groups is 1. The lowest BCUT2D eigenvalue weighted by molar-refractivity contribution is -0.142. The van der Waals surface area contributed by atoms with Gasteiger partial charge in [0.15, 0.2) is 0 Å². The van der Waals surface area contributed by atoms with Crippen LogP contribution in [0.15, 0.2) is 24.3 Å². The molecule has 2 aliphatic carbocycles. The van der Waals surface area contributed by atoms with E-state index in [4.69, 9.17) is 5.11 Å². The lowest BCUT2D eigenvalue weighted by Crippen LogP contribution is -2.47. The molecular weight excluding hydrogens is 323 g/mol. The number of hydrogen-bond acceptors (Lipinski definition) is 2. The van der Waals surface area contributed by atoms with E-state index in [0.717, 1.165) is 24.8 Å². The van der Waals surface area contributed by atoms with E-state index < -0.39 is 5.97 Å². The lowest BCUT2D eigenvalue weighted by Gasteiger charge is -2.27. The number of carbonyl (C=O) groups excluding carboxylic acids is 1. The molecule has 5 nitrogen and oxygen atoms in total. The molecule has 0 heterocycles. The first-order chi connectivity index (χ1) is 12.0. The summed E-state index contributed by atoms with van der Waals surface area (Å²) < 4.78 is 13.0. The van der Waals surface area contributed by atoms with Gasteiger partial charge in [0, 0.05) is 12.1 Å². The highest BCUT2D eigenvalue weighted by Crippen LogP contribution is 2.34. The third-order valence-corrected chi connectivity index (χ3v) is 5.52. The molecule has 1 aromatic rings. The van der Waals surface area contributed by atoms with Crippen LogP contribution < -0.4 is 10.6 Å². The van der Waals surface area contributed by atoms with Crippen LogP contribution in [0.2, 0.25) is 0 Å². The predicted molar refractivity (Wildman–Crippen MR) is 91.8 cm³/mol. The molecular formula is C19H25FN2O3. The van der Waals surface area contributed by atoms with E-state index in [9.17, 15) is 14.0 Å². The molecule has 0 radical (unpaired) electrons. The van der Waals surface area contributed by atoms with Crippen LogP contribution in [0.5, 0.6) is 0 Å². The van der Waals surface area contributed by atoms with Gasteiger partial charge in [-0.3, -0.25) is 4.79 Å². The first kappa shape index (κ1) is 17.7. The van der Waals surface area contributed by atoms with Crippen molar-refractivity contribution < 1.29 is 19.1 Å². The van der Waals surface area contributed by atoms with Gasteiger partial charge in [-0.1, -0.05) is 12.1 Å². The third kappa shape index (κ3) is 4.71. The minimum Gasteiger partial charge on any atom is -0.481 e. The standard InChI is InChI=1S/C19H25FN2O3/c20-15-6-1-12(2-7-15)14-5-10-17(11-14)22-19(25)21-16-8-3-13(4-9-16)18(23)24/h1-2,6-7,13-14,16-17H,3-5,8-11H2,(H,23,24)(H2,21,22,25). The summed E-state index contributed by atoms with van der Waals surface area (Å²) in [7, 11) is 0. The van der Waals surface area contributed by atoms with Crippen molar-refractivity contribution in [2.24, 2.45) is 5.92 Å². The Kier molecular flexibility index (Phi) is 5.56. The number of carbonyl (C=O) groups is 2. The van der Waals surface area contributed by atoms with Crippen LogP contribution in [0.1, 0.15) is 56.4 Å². The molecule has 2 fully saturated rings. The maximum Gasteiger partial charge on any atom is 0.315 e. The quantitative estimate of drug-likeness (QED) is 0.780. The summed E-state index contributed by atoms with van der Waals surface area (Å²) in [4.78, 5) is 23.1. The summed E-state index contributed by atoms with van der Waals surface area (Å²) in [6.45, 7) is 0. The van der Waals surface area contributed by atoms with Crippen molar-refractivity contribution in [1.29, 1.82) is 0 Å². The van der Waals surface area contributed by atoms with Crippen molar-refractivity contribution in [3.8, 4) is 0 Å². The van der Waals surface area contributed by atoms with Gasteiger partial charge < -0.3 is 15.7 Å². The number of benzene rings is 1. The average Bonchev–Trinajstić information content (AvgIpc) is 3.04. The molecule has 1 aromatic carbocycles. The Morgan fingerprint density at radius 1 is 0.920 bits per heavy atom. The van der Waals surface area contributed by atoms with Gasteiger partial charge in [-0.05, 0) is 68.6 Å². The van der Waals surface area contributed by atoms with Gasteiger partial charge in [0.25, 0.3) is 0 Å². The van der Waals surface area contributed by atoms with E-state index in [1.807, 2.05) is 12.1 Å². The summed E-state index contributed by atoms with van der Waals surface area (Å²) in [5.41, 5.74) is 1.12. The normalized spacial score (nSPS) is 29.2. The van der Waals surface area contributed by atoms with E-state index in [2.05, 4.69) is 10.6 Å². The average molecular weight is 348 g/mol. The first-order valence-corrected chi connectivity index (χ1v) is 9.06. The molecule has 2 amide bonds. The molecule has 25 heavy (non-hydrogen) atoms. The molecule has 0 aromatic heterocycles. The minimum absolute atomic E-state index is 0.0601. The number of nitrogens with one attached hydrogen (secondary N) is 2. The molecule has 2 atom stereocenters. The molecule has 3 N–H and O–H groups in total. The SMILES string of the molecule is O=C(NC1CCC(C(=O)O)CC1)NC1CCC(c2ccc(F)cc2)C1. The summed E-state index contributed by atoms with van der Waals surface area (Å²) in [6.07, 6.45) is 5.44. The molecule has 0 aliphatic heterocycles. The fourth-order valence-electron chi connectivity index (χ4n) is 4.05. The van der Waals surface area contributed by atoms with Gasteiger partial charge in [-0.2, -0.15) is 0 Å². The fraction of sp³-hybridized carbons (Fsp3) is 0.579. The highest BCUT2D eigenvalue weighted by molar-refractivity contribution is 5.75. The van der Waals surface area contributed by atoms with E-state index in [0.29, 0.717) is 31.6 Å². The zero-order valence-corrected chi connectivity index (χ0v) is 14.2. The molecule has 0 saturated heterocycles. The van der Waals surface area contributed by atoms with Crippen LogP contribution in [0, 0.1) is 11.7 Å². The Balaban J connectivity index is 1.42. The van der Waals surface area contributed by atoms with Gasteiger partial charge in [-0.25, -0.2) is 9.18 Å². The van der Waals surface area contributed by atoms with E-state index in [1.165, 1.54) is 12.1 Å². The topological polar surface area (TPSA) is 78.4 Å². The van der Waals surface area contributed by atoms with Gasteiger partial charge in [0.1, 0.15) is 5.82 Å². The number of aliphatic carboxylic acids is 1. The molecule has 0 spiro atoms. The Bertz CT molecular complexity index is 612. The minimum atomic E-state index is -0.735. The molecule has 3 rings (SSSR count). The Labute approximate surface area is 147 Å². The van der Waals surface area contributed by atoms with E-state index >= 15 is 0 Å². The monoisotopic (exact) mass is 348 g/mol. The van der Waals surface area contributed by atoms with Crippen LogP contribution in [0.4, 0.5) is 9.18 Å². The zero-order chi connectivity index (χ0) is 17.8. The second-order valence-electron chi connectivity index (χ2n) is 7.26. The molecule has 6 heteroatoms. The van der Waals surface area contributed by atoms with Gasteiger partial charge in [0.2, 0.25) is 0 Å². The summed E-state index contributed by atoms with van der Waals surface area (Å²) >= 11 is 0. The summed E-state index contributed by atoms with van der Waals surface area (Å²) in [5, 5.41) is 15.0. The van der Waals surface area contributed by atoms with Crippen molar-refractivity contribution in [1.82, 2.24) is 10.6 Å². The van der Waals surface area contributed by atoms with Crippen LogP contribution >= 0.6 is 0 Å². The van der Waals surface area contributed by atoms with Crippen LogP contribution in [0.25, 0.3) is 0 Å². The van der Waals surface area contributed by atoms with Crippen LogP contribution in [0.3, 0.4) is 0 Å². The summed E-state index contributed by atoms with van der Waals surface area (Å²) in [5.74, 6) is -0.876. The molecule has 2 unspecified atom stereocenters. The number of rotatable bonds is 4. The molecule has 0 bridgehead atoms.